The molecule has 1 N–H and O–H groups in total. The minimum Gasteiger partial charge on any atom is -0.478 e. The zero-order valence-electron chi connectivity index (χ0n) is 9.64. The van der Waals surface area contributed by atoms with Crippen molar-refractivity contribution >= 4 is 17.3 Å². The molecule has 17 heavy (non-hydrogen) atoms. The number of hydrogen-bond donors (Lipinski definition) is 1. The van der Waals surface area contributed by atoms with Crippen molar-refractivity contribution in [2.45, 2.75) is 19.8 Å². The van der Waals surface area contributed by atoms with Crippen molar-refractivity contribution in [1.82, 2.24) is 0 Å². The highest BCUT2D eigenvalue weighted by molar-refractivity contribution is 7.09. The van der Waals surface area contributed by atoms with Gasteiger partial charge in [0.05, 0.1) is 5.56 Å². The highest BCUT2D eigenvalue weighted by atomic mass is 32.1. The maximum absolute atomic E-state index is 11.1. The van der Waals surface area contributed by atoms with Crippen LogP contribution in [-0.4, -0.2) is 11.1 Å². The number of carboxylic acid groups (broad SMARTS) is 1. The number of benzene rings is 1. The van der Waals surface area contributed by atoms with Crippen LogP contribution in [0.5, 0.6) is 0 Å². The Balaban J connectivity index is 2.19. The van der Waals surface area contributed by atoms with E-state index in [2.05, 4.69) is 6.07 Å². The molecule has 0 amide bonds. The average Bonchev–Trinajstić information content (AvgIpc) is 2.78. The fourth-order valence-electron chi connectivity index (χ4n) is 1.85. The molecule has 1 aromatic heterocycles. The van der Waals surface area contributed by atoms with Crippen molar-refractivity contribution in [2.24, 2.45) is 0 Å². The molecule has 0 unspecified atom stereocenters. The fourth-order valence-corrected chi connectivity index (χ4v) is 2.56. The van der Waals surface area contributed by atoms with E-state index >= 15 is 0 Å². The number of aryl methyl sites for hydroxylation is 3. The van der Waals surface area contributed by atoms with Crippen molar-refractivity contribution in [3.63, 3.8) is 0 Å². The molecule has 3 heteroatoms. The van der Waals surface area contributed by atoms with Crippen molar-refractivity contribution in [1.29, 1.82) is 0 Å². The highest BCUT2D eigenvalue weighted by Gasteiger charge is 2.09. The molecule has 0 atom stereocenters. The van der Waals surface area contributed by atoms with Gasteiger partial charge in [-0.1, -0.05) is 23.8 Å². The summed E-state index contributed by atoms with van der Waals surface area (Å²) in [6, 6.07) is 9.62. The average molecular weight is 246 g/mol. The third-order valence-corrected chi connectivity index (χ3v) is 3.65. The van der Waals surface area contributed by atoms with E-state index < -0.39 is 5.97 Å². The van der Waals surface area contributed by atoms with Gasteiger partial charge in [-0.05, 0) is 42.8 Å². The molecule has 2 nitrogen and oxygen atoms in total. The van der Waals surface area contributed by atoms with Gasteiger partial charge in [-0.15, -0.1) is 11.3 Å². The van der Waals surface area contributed by atoms with E-state index in [-0.39, 0.29) is 0 Å². The summed E-state index contributed by atoms with van der Waals surface area (Å²) in [6.45, 7) is 1.99. The monoisotopic (exact) mass is 246 g/mol. The number of carbonyl (C=O) groups is 1. The van der Waals surface area contributed by atoms with E-state index in [0.29, 0.717) is 5.56 Å². The smallest absolute Gasteiger partial charge is 0.335 e. The van der Waals surface area contributed by atoms with Gasteiger partial charge < -0.3 is 5.11 Å². The van der Waals surface area contributed by atoms with Gasteiger partial charge in [-0.25, -0.2) is 4.79 Å². The molecule has 1 aromatic carbocycles. The van der Waals surface area contributed by atoms with Crippen molar-refractivity contribution in [3.05, 3.63) is 57.3 Å². The quantitative estimate of drug-likeness (QED) is 0.896. The Labute approximate surface area is 105 Å². The second-order valence-electron chi connectivity index (χ2n) is 4.05. The van der Waals surface area contributed by atoms with Crippen LogP contribution >= 0.6 is 11.3 Å². The number of carboxylic acids is 1. The van der Waals surface area contributed by atoms with E-state index in [4.69, 9.17) is 5.11 Å². The van der Waals surface area contributed by atoms with Crippen LogP contribution in [0.3, 0.4) is 0 Å². The molecular weight excluding hydrogens is 232 g/mol. The second-order valence-corrected chi connectivity index (χ2v) is 5.08. The number of aromatic carboxylic acids is 1. The molecular formula is C14H14O2S. The summed E-state index contributed by atoms with van der Waals surface area (Å²) in [6.07, 6.45) is 1.69. The topological polar surface area (TPSA) is 37.3 Å². The van der Waals surface area contributed by atoms with Gasteiger partial charge in [0.1, 0.15) is 0 Å². The van der Waals surface area contributed by atoms with Crippen LogP contribution in [0.4, 0.5) is 0 Å². The Morgan fingerprint density at radius 2 is 2.12 bits per heavy atom. The predicted octanol–water partition coefficient (Wildman–Crippen LogP) is 3.54. The molecule has 0 saturated heterocycles. The van der Waals surface area contributed by atoms with E-state index in [9.17, 15) is 4.79 Å². The summed E-state index contributed by atoms with van der Waals surface area (Å²) < 4.78 is 0. The van der Waals surface area contributed by atoms with Crippen LogP contribution < -0.4 is 0 Å². The van der Waals surface area contributed by atoms with Crippen LogP contribution in [0.15, 0.2) is 35.7 Å². The Bertz CT molecular complexity index is 515. The van der Waals surface area contributed by atoms with Gasteiger partial charge in [-0.3, -0.25) is 0 Å². The van der Waals surface area contributed by atoms with Gasteiger partial charge in [0.15, 0.2) is 0 Å². The largest absolute Gasteiger partial charge is 0.478 e. The summed E-state index contributed by atoms with van der Waals surface area (Å²) in [5, 5.41) is 11.2. The first kappa shape index (κ1) is 11.9. The minimum absolute atomic E-state index is 0.423. The van der Waals surface area contributed by atoms with Crippen LogP contribution in [0.1, 0.15) is 26.4 Å². The summed E-state index contributed by atoms with van der Waals surface area (Å²) in [5.41, 5.74) is 2.45. The Morgan fingerprint density at radius 3 is 2.76 bits per heavy atom. The van der Waals surface area contributed by atoms with Crippen LogP contribution in [0.2, 0.25) is 0 Å². The lowest BCUT2D eigenvalue weighted by Gasteiger charge is -2.06. The highest BCUT2D eigenvalue weighted by Crippen LogP contribution is 2.17. The van der Waals surface area contributed by atoms with Crippen LogP contribution in [0, 0.1) is 6.92 Å². The standard InChI is InChI=1S/C14H14O2S/c1-10-4-7-13(14(15)16)11(9-10)5-6-12-3-2-8-17-12/h2-4,7-9H,5-6H2,1H3,(H,15,16). The summed E-state index contributed by atoms with van der Waals surface area (Å²) in [7, 11) is 0. The first-order valence-corrected chi connectivity index (χ1v) is 6.40. The SMILES string of the molecule is Cc1ccc(C(=O)O)c(CCc2cccs2)c1. The lowest BCUT2D eigenvalue weighted by Crippen LogP contribution is -2.03. The summed E-state index contributed by atoms with van der Waals surface area (Å²) >= 11 is 1.71. The zero-order valence-corrected chi connectivity index (χ0v) is 10.5. The van der Waals surface area contributed by atoms with Crippen molar-refractivity contribution in [3.8, 4) is 0 Å². The molecule has 0 aliphatic heterocycles. The summed E-state index contributed by atoms with van der Waals surface area (Å²) in [5.74, 6) is -0.842. The lowest BCUT2D eigenvalue weighted by molar-refractivity contribution is 0.0695. The normalized spacial score (nSPS) is 10.4. The van der Waals surface area contributed by atoms with Gasteiger partial charge in [0, 0.05) is 4.88 Å². The van der Waals surface area contributed by atoms with Crippen LogP contribution in [0.25, 0.3) is 0 Å². The van der Waals surface area contributed by atoms with E-state index in [1.54, 1.807) is 17.4 Å². The van der Waals surface area contributed by atoms with Gasteiger partial charge in [0.25, 0.3) is 0 Å². The Hall–Kier alpha value is -1.61. The molecule has 0 saturated carbocycles. The van der Waals surface area contributed by atoms with E-state index in [1.807, 2.05) is 30.5 Å². The minimum atomic E-state index is -0.842. The van der Waals surface area contributed by atoms with E-state index in [0.717, 1.165) is 24.0 Å². The molecule has 0 aliphatic rings. The zero-order chi connectivity index (χ0) is 12.3. The second kappa shape index (κ2) is 5.15. The number of rotatable bonds is 4. The maximum atomic E-state index is 11.1. The van der Waals surface area contributed by atoms with Crippen LogP contribution in [-0.2, 0) is 12.8 Å². The Kier molecular flexibility index (Phi) is 3.59. The molecule has 1 heterocycles. The summed E-state index contributed by atoms with van der Waals surface area (Å²) in [4.78, 5) is 12.4. The first-order chi connectivity index (χ1) is 8.16. The first-order valence-electron chi connectivity index (χ1n) is 5.52. The molecule has 2 aromatic rings. The molecule has 2 rings (SSSR count). The maximum Gasteiger partial charge on any atom is 0.335 e. The third-order valence-electron chi connectivity index (χ3n) is 2.71. The van der Waals surface area contributed by atoms with Crippen molar-refractivity contribution < 1.29 is 9.90 Å². The third kappa shape index (κ3) is 2.94. The van der Waals surface area contributed by atoms with Gasteiger partial charge >= 0.3 is 5.97 Å². The molecule has 0 spiro atoms. The fraction of sp³-hybridized carbons (Fsp3) is 0.214. The predicted molar refractivity (Wildman–Crippen MR) is 69.9 cm³/mol. The lowest BCUT2D eigenvalue weighted by atomic mass is 10.00. The molecule has 0 radical (unpaired) electrons. The molecule has 0 aliphatic carbocycles. The van der Waals surface area contributed by atoms with Gasteiger partial charge in [0.2, 0.25) is 0 Å². The molecule has 0 fully saturated rings. The Morgan fingerprint density at radius 1 is 1.29 bits per heavy atom. The van der Waals surface area contributed by atoms with Crippen molar-refractivity contribution in [2.75, 3.05) is 0 Å². The van der Waals surface area contributed by atoms with Gasteiger partial charge in [-0.2, -0.15) is 0 Å². The number of thiophene rings is 1. The number of hydrogen-bond acceptors (Lipinski definition) is 2. The van der Waals surface area contributed by atoms with E-state index in [1.165, 1.54) is 4.88 Å². The molecule has 88 valence electrons. The molecule has 0 bridgehead atoms.